The molecule has 7 nitrogen and oxygen atoms in total. The Balaban J connectivity index is 2.17. The van der Waals surface area contributed by atoms with E-state index in [1.165, 1.54) is 43.5 Å². The lowest BCUT2D eigenvalue weighted by Crippen LogP contribution is -2.11. The van der Waals surface area contributed by atoms with Crippen molar-refractivity contribution in [1.29, 1.82) is 0 Å². The molecule has 0 aliphatic rings. The van der Waals surface area contributed by atoms with E-state index in [1.807, 2.05) is 0 Å². The molecular weight excluding hydrogens is 264 g/mol. The van der Waals surface area contributed by atoms with Gasteiger partial charge in [0, 0.05) is 30.7 Å². The molecule has 1 aromatic carbocycles. The molecule has 0 radical (unpaired) electrons. The van der Waals surface area contributed by atoms with E-state index in [1.54, 1.807) is 0 Å². The molecule has 1 heterocycles. The van der Waals surface area contributed by atoms with Gasteiger partial charge in [0.05, 0.1) is 10.6 Å². The molecule has 0 atom stereocenters. The molecule has 20 heavy (non-hydrogen) atoms. The van der Waals surface area contributed by atoms with Crippen LogP contribution in [0.5, 0.6) is 0 Å². The molecule has 0 aliphatic carbocycles. The largest absolute Gasteiger partial charge is 0.459 e. The molecule has 0 fully saturated rings. The van der Waals surface area contributed by atoms with Crippen LogP contribution in [-0.4, -0.2) is 16.6 Å². The Labute approximate surface area is 113 Å². The van der Waals surface area contributed by atoms with Crippen LogP contribution in [0.15, 0.2) is 41.0 Å². The van der Waals surface area contributed by atoms with Crippen LogP contribution in [0.2, 0.25) is 0 Å². The van der Waals surface area contributed by atoms with Crippen LogP contribution in [0, 0.1) is 10.1 Å². The number of carbonyl (C=O) groups is 2. The molecule has 2 aromatic rings. The van der Waals surface area contributed by atoms with Gasteiger partial charge in [-0.15, -0.1) is 0 Å². The predicted octanol–water partition coefficient (Wildman–Crippen LogP) is 2.64. The Kier molecular flexibility index (Phi) is 3.60. The number of ketones is 1. The first-order valence-corrected chi connectivity index (χ1v) is 5.62. The third-order valence-corrected chi connectivity index (χ3v) is 2.52. The Morgan fingerprint density at radius 2 is 2.05 bits per heavy atom. The molecule has 102 valence electrons. The first-order valence-electron chi connectivity index (χ1n) is 5.62. The first kappa shape index (κ1) is 13.5. The fourth-order valence-corrected chi connectivity index (χ4v) is 1.55. The number of rotatable bonds is 4. The quantitative estimate of drug-likeness (QED) is 0.524. The Morgan fingerprint density at radius 3 is 2.65 bits per heavy atom. The molecule has 0 aliphatic heterocycles. The van der Waals surface area contributed by atoms with E-state index in [9.17, 15) is 19.7 Å². The van der Waals surface area contributed by atoms with Gasteiger partial charge < -0.3 is 9.73 Å². The van der Waals surface area contributed by atoms with Crippen LogP contribution in [0.4, 0.5) is 11.4 Å². The van der Waals surface area contributed by atoms with Crippen molar-refractivity contribution in [3.63, 3.8) is 0 Å². The van der Waals surface area contributed by atoms with Crippen molar-refractivity contribution in [2.45, 2.75) is 6.92 Å². The normalized spacial score (nSPS) is 10.1. The molecule has 7 heteroatoms. The zero-order valence-corrected chi connectivity index (χ0v) is 10.5. The van der Waals surface area contributed by atoms with Gasteiger partial charge in [-0.05, 0) is 6.07 Å². The standard InChI is InChI=1S/C13H10N2O5/c1-8(16)12-6-10(7-20-12)14-13(17)9-3-2-4-11(5-9)15(18)19/h2-7H,1H3,(H,14,17). The summed E-state index contributed by atoms with van der Waals surface area (Å²) in [5.74, 6) is -0.662. The minimum atomic E-state index is -0.581. The average Bonchev–Trinajstić information content (AvgIpc) is 2.87. The van der Waals surface area contributed by atoms with Crippen LogP contribution in [0.3, 0.4) is 0 Å². The smallest absolute Gasteiger partial charge is 0.270 e. The summed E-state index contributed by atoms with van der Waals surface area (Å²) >= 11 is 0. The topological polar surface area (TPSA) is 102 Å². The Morgan fingerprint density at radius 1 is 1.30 bits per heavy atom. The van der Waals surface area contributed by atoms with E-state index >= 15 is 0 Å². The van der Waals surface area contributed by atoms with Gasteiger partial charge in [0.25, 0.3) is 11.6 Å². The minimum Gasteiger partial charge on any atom is -0.459 e. The number of anilines is 1. The summed E-state index contributed by atoms with van der Waals surface area (Å²) in [4.78, 5) is 33.0. The summed E-state index contributed by atoms with van der Waals surface area (Å²) in [5.41, 5.74) is 0.283. The van der Waals surface area contributed by atoms with Crippen molar-refractivity contribution < 1.29 is 18.9 Å². The number of non-ortho nitro benzene ring substituents is 1. The van der Waals surface area contributed by atoms with Crippen LogP contribution >= 0.6 is 0 Å². The van der Waals surface area contributed by atoms with E-state index in [4.69, 9.17) is 4.42 Å². The van der Waals surface area contributed by atoms with Gasteiger partial charge in [0.2, 0.25) is 0 Å². The summed E-state index contributed by atoms with van der Waals surface area (Å²) in [6.45, 7) is 1.34. The molecule has 1 aromatic heterocycles. The highest BCUT2D eigenvalue weighted by atomic mass is 16.6. The molecule has 0 saturated carbocycles. The molecule has 2 rings (SSSR count). The number of nitro benzene ring substituents is 1. The van der Waals surface area contributed by atoms with E-state index in [0.717, 1.165) is 0 Å². The monoisotopic (exact) mass is 274 g/mol. The number of amides is 1. The van der Waals surface area contributed by atoms with E-state index in [2.05, 4.69) is 5.32 Å². The molecule has 0 saturated heterocycles. The van der Waals surface area contributed by atoms with Crippen LogP contribution < -0.4 is 5.32 Å². The van der Waals surface area contributed by atoms with Crippen molar-refractivity contribution in [3.8, 4) is 0 Å². The van der Waals surface area contributed by atoms with Crippen LogP contribution in [-0.2, 0) is 0 Å². The Bertz CT molecular complexity index is 690. The second-order valence-corrected chi connectivity index (χ2v) is 4.02. The minimum absolute atomic E-state index is 0.124. The summed E-state index contributed by atoms with van der Waals surface area (Å²) in [6, 6.07) is 6.72. The summed E-state index contributed by atoms with van der Waals surface area (Å²) in [5, 5.41) is 13.1. The van der Waals surface area contributed by atoms with Crippen molar-refractivity contribution in [2.75, 3.05) is 5.32 Å². The number of hydrogen-bond donors (Lipinski definition) is 1. The van der Waals surface area contributed by atoms with Crippen molar-refractivity contribution in [1.82, 2.24) is 0 Å². The third kappa shape index (κ3) is 2.89. The molecule has 0 unspecified atom stereocenters. The number of benzene rings is 1. The first-order chi connectivity index (χ1) is 9.47. The zero-order chi connectivity index (χ0) is 14.7. The maximum absolute atomic E-state index is 11.9. The maximum atomic E-state index is 11.9. The summed E-state index contributed by atoms with van der Waals surface area (Å²) in [7, 11) is 0. The van der Waals surface area contributed by atoms with Gasteiger partial charge in [-0.1, -0.05) is 6.07 Å². The number of nitro groups is 1. The summed E-state index contributed by atoms with van der Waals surface area (Å²) in [6.07, 6.45) is 1.23. The third-order valence-electron chi connectivity index (χ3n) is 2.52. The number of carbonyl (C=O) groups excluding carboxylic acids is 2. The van der Waals surface area contributed by atoms with Gasteiger partial charge >= 0.3 is 0 Å². The fraction of sp³-hybridized carbons (Fsp3) is 0.0769. The van der Waals surface area contributed by atoms with Gasteiger partial charge in [-0.3, -0.25) is 19.7 Å². The molecular formula is C13H10N2O5. The highest BCUT2D eigenvalue weighted by Crippen LogP contribution is 2.17. The van der Waals surface area contributed by atoms with Crippen LogP contribution in [0.25, 0.3) is 0 Å². The lowest BCUT2D eigenvalue weighted by atomic mass is 10.2. The maximum Gasteiger partial charge on any atom is 0.270 e. The van der Waals surface area contributed by atoms with E-state index < -0.39 is 10.8 Å². The SMILES string of the molecule is CC(=O)c1cc(NC(=O)c2cccc([N+](=O)[O-])c2)co1. The van der Waals surface area contributed by atoms with Crippen molar-refractivity contribution in [2.24, 2.45) is 0 Å². The number of Topliss-reactive ketones (excluding diaryl/α,β-unsaturated/α-hetero) is 1. The van der Waals surface area contributed by atoms with Gasteiger partial charge in [-0.2, -0.15) is 0 Å². The number of nitrogens with one attached hydrogen (secondary N) is 1. The number of furan rings is 1. The lowest BCUT2D eigenvalue weighted by Gasteiger charge is -2.01. The molecule has 0 bridgehead atoms. The molecule has 0 spiro atoms. The van der Waals surface area contributed by atoms with Gasteiger partial charge in [-0.25, -0.2) is 0 Å². The average molecular weight is 274 g/mol. The van der Waals surface area contributed by atoms with Crippen molar-refractivity contribution in [3.05, 3.63) is 58.0 Å². The molecule has 1 amide bonds. The van der Waals surface area contributed by atoms with Gasteiger partial charge in [0.15, 0.2) is 11.5 Å². The fourth-order valence-electron chi connectivity index (χ4n) is 1.55. The van der Waals surface area contributed by atoms with Crippen molar-refractivity contribution >= 4 is 23.1 Å². The predicted molar refractivity (Wildman–Crippen MR) is 69.8 cm³/mol. The van der Waals surface area contributed by atoms with Crippen LogP contribution in [0.1, 0.15) is 27.8 Å². The number of nitrogens with zero attached hydrogens (tertiary/aromatic N) is 1. The lowest BCUT2D eigenvalue weighted by molar-refractivity contribution is -0.384. The Hall–Kier alpha value is -2.96. The number of hydrogen-bond acceptors (Lipinski definition) is 5. The second kappa shape index (κ2) is 5.35. The van der Waals surface area contributed by atoms with Gasteiger partial charge in [0.1, 0.15) is 6.26 Å². The van der Waals surface area contributed by atoms with E-state index in [-0.39, 0.29) is 22.8 Å². The van der Waals surface area contributed by atoms with E-state index in [0.29, 0.717) is 5.69 Å². The second-order valence-electron chi connectivity index (χ2n) is 4.02. The molecule has 1 N–H and O–H groups in total. The highest BCUT2D eigenvalue weighted by Gasteiger charge is 2.13. The summed E-state index contributed by atoms with van der Waals surface area (Å²) < 4.78 is 4.95. The highest BCUT2D eigenvalue weighted by molar-refractivity contribution is 6.05. The zero-order valence-electron chi connectivity index (χ0n) is 10.5.